The third kappa shape index (κ3) is 4.41. The molecule has 0 spiro atoms. The van der Waals surface area contributed by atoms with Crippen LogP contribution in [0, 0.1) is 0 Å². The zero-order chi connectivity index (χ0) is 18.5. The molecule has 1 amide bonds. The number of nitrogens with zero attached hydrogens (tertiary/aromatic N) is 3. The largest absolute Gasteiger partial charge is 0.354 e. The van der Waals surface area contributed by atoms with Crippen LogP contribution in [-0.2, 0) is 4.79 Å². The molecule has 3 rings (SSSR count). The standard InChI is InChI=1S/C21H28N4O/c1-16(2)18-7-9-19(10-8-18)23-21(26)17(3)24-12-14-25(15-13-24)20-6-4-5-11-22-20/h4-11,16-17H,12-15H2,1-3H3,(H,23,26)/t17-/m1/s1. The molecule has 1 aliphatic heterocycles. The monoisotopic (exact) mass is 352 g/mol. The number of aromatic nitrogens is 1. The van der Waals surface area contributed by atoms with Crippen LogP contribution >= 0.6 is 0 Å². The van der Waals surface area contributed by atoms with Crippen LogP contribution in [0.15, 0.2) is 48.7 Å². The average molecular weight is 352 g/mol. The first-order valence-electron chi connectivity index (χ1n) is 9.35. The summed E-state index contributed by atoms with van der Waals surface area (Å²) in [5, 5.41) is 3.04. The van der Waals surface area contributed by atoms with Crippen molar-refractivity contribution in [2.24, 2.45) is 0 Å². The van der Waals surface area contributed by atoms with Gasteiger partial charge in [0.1, 0.15) is 5.82 Å². The fraction of sp³-hybridized carbons (Fsp3) is 0.429. The highest BCUT2D eigenvalue weighted by Crippen LogP contribution is 2.18. The van der Waals surface area contributed by atoms with E-state index >= 15 is 0 Å². The summed E-state index contributed by atoms with van der Waals surface area (Å²) in [5.41, 5.74) is 2.14. The van der Waals surface area contributed by atoms with Gasteiger partial charge < -0.3 is 10.2 Å². The molecule has 0 bridgehead atoms. The van der Waals surface area contributed by atoms with Crippen LogP contribution in [0.4, 0.5) is 11.5 Å². The minimum absolute atomic E-state index is 0.0496. The molecule has 1 aliphatic rings. The van der Waals surface area contributed by atoms with E-state index in [1.165, 1.54) is 5.56 Å². The summed E-state index contributed by atoms with van der Waals surface area (Å²) in [6.45, 7) is 9.80. The van der Waals surface area contributed by atoms with Gasteiger partial charge in [-0.15, -0.1) is 0 Å². The molecule has 1 atom stereocenters. The first kappa shape index (κ1) is 18.4. The van der Waals surface area contributed by atoms with Crippen molar-refractivity contribution in [3.05, 3.63) is 54.2 Å². The van der Waals surface area contributed by atoms with Gasteiger partial charge in [-0.1, -0.05) is 32.0 Å². The van der Waals surface area contributed by atoms with Gasteiger partial charge in [0.15, 0.2) is 0 Å². The van der Waals surface area contributed by atoms with Crippen molar-refractivity contribution in [1.82, 2.24) is 9.88 Å². The highest BCUT2D eigenvalue weighted by atomic mass is 16.2. The van der Waals surface area contributed by atoms with Gasteiger partial charge >= 0.3 is 0 Å². The Balaban J connectivity index is 1.53. The first-order chi connectivity index (χ1) is 12.5. The number of rotatable bonds is 5. The molecule has 5 heteroatoms. The van der Waals surface area contributed by atoms with Gasteiger partial charge in [0.25, 0.3) is 0 Å². The predicted molar refractivity (Wildman–Crippen MR) is 107 cm³/mol. The van der Waals surface area contributed by atoms with Crippen molar-refractivity contribution in [3.8, 4) is 0 Å². The van der Waals surface area contributed by atoms with Crippen LogP contribution in [0.3, 0.4) is 0 Å². The molecule has 2 heterocycles. The normalized spacial score (nSPS) is 16.5. The number of hydrogen-bond donors (Lipinski definition) is 1. The van der Waals surface area contributed by atoms with Gasteiger partial charge in [-0.3, -0.25) is 9.69 Å². The quantitative estimate of drug-likeness (QED) is 0.896. The fourth-order valence-electron chi connectivity index (χ4n) is 3.24. The number of carbonyl (C=O) groups is 1. The number of hydrogen-bond acceptors (Lipinski definition) is 4. The van der Waals surface area contributed by atoms with Gasteiger partial charge in [0, 0.05) is 38.1 Å². The molecule has 1 aromatic heterocycles. The molecule has 0 radical (unpaired) electrons. The van der Waals surface area contributed by atoms with Crippen LogP contribution < -0.4 is 10.2 Å². The van der Waals surface area contributed by atoms with E-state index in [4.69, 9.17) is 0 Å². The number of benzene rings is 1. The Morgan fingerprint density at radius 3 is 2.27 bits per heavy atom. The van der Waals surface area contributed by atoms with Gasteiger partial charge in [-0.05, 0) is 42.7 Å². The Hall–Kier alpha value is -2.40. The number of carbonyl (C=O) groups excluding carboxylic acids is 1. The maximum Gasteiger partial charge on any atom is 0.241 e. The van der Waals surface area contributed by atoms with E-state index in [0.717, 1.165) is 37.7 Å². The molecule has 5 nitrogen and oxygen atoms in total. The number of anilines is 2. The predicted octanol–water partition coefficient (Wildman–Crippen LogP) is 3.35. The summed E-state index contributed by atoms with van der Waals surface area (Å²) >= 11 is 0. The fourth-order valence-corrected chi connectivity index (χ4v) is 3.24. The lowest BCUT2D eigenvalue weighted by Crippen LogP contribution is -2.53. The first-order valence-corrected chi connectivity index (χ1v) is 9.35. The molecule has 0 unspecified atom stereocenters. The van der Waals surface area contributed by atoms with Crippen molar-refractivity contribution in [1.29, 1.82) is 0 Å². The van der Waals surface area contributed by atoms with Crippen LogP contribution in [0.25, 0.3) is 0 Å². The Morgan fingerprint density at radius 1 is 1.00 bits per heavy atom. The van der Waals surface area contributed by atoms with E-state index in [2.05, 4.69) is 46.1 Å². The molecule has 26 heavy (non-hydrogen) atoms. The van der Waals surface area contributed by atoms with E-state index in [9.17, 15) is 4.79 Å². The second-order valence-electron chi connectivity index (χ2n) is 7.15. The van der Waals surface area contributed by atoms with E-state index in [1.54, 1.807) is 0 Å². The number of nitrogens with one attached hydrogen (secondary N) is 1. The van der Waals surface area contributed by atoms with Crippen LogP contribution in [0.1, 0.15) is 32.3 Å². The molecule has 0 aliphatic carbocycles. The van der Waals surface area contributed by atoms with Crippen molar-refractivity contribution in [2.75, 3.05) is 36.4 Å². The van der Waals surface area contributed by atoms with Crippen molar-refractivity contribution < 1.29 is 4.79 Å². The number of amides is 1. The maximum absolute atomic E-state index is 12.6. The van der Waals surface area contributed by atoms with Crippen LogP contribution in [-0.4, -0.2) is 48.0 Å². The molecule has 1 aromatic carbocycles. The third-order valence-corrected chi connectivity index (χ3v) is 5.06. The number of piperazine rings is 1. The van der Waals surface area contributed by atoms with Crippen molar-refractivity contribution in [2.45, 2.75) is 32.7 Å². The summed E-state index contributed by atoms with van der Waals surface area (Å²) in [7, 11) is 0. The Morgan fingerprint density at radius 2 is 1.69 bits per heavy atom. The zero-order valence-corrected chi connectivity index (χ0v) is 15.9. The molecule has 1 saturated heterocycles. The molecule has 1 fully saturated rings. The van der Waals surface area contributed by atoms with Crippen molar-refractivity contribution in [3.63, 3.8) is 0 Å². The molecular weight excluding hydrogens is 324 g/mol. The topological polar surface area (TPSA) is 48.5 Å². The smallest absolute Gasteiger partial charge is 0.241 e. The molecule has 0 saturated carbocycles. The van der Waals surface area contributed by atoms with E-state index in [0.29, 0.717) is 5.92 Å². The Kier molecular flexibility index (Phi) is 5.89. The Labute approximate surface area is 156 Å². The lowest BCUT2D eigenvalue weighted by molar-refractivity contribution is -0.120. The summed E-state index contributed by atoms with van der Waals surface area (Å²) in [5.74, 6) is 1.55. The van der Waals surface area contributed by atoms with Gasteiger partial charge in [-0.2, -0.15) is 0 Å². The van der Waals surface area contributed by atoms with E-state index < -0.39 is 0 Å². The average Bonchev–Trinajstić information content (AvgIpc) is 2.68. The van der Waals surface area contributed by atoms with Crippen LogP contribution in [0.5, 0.6) is 0 Å². The second kappa shape index (κ2) is 8.32. The van der Waals surface area contributed by atoms with E-state index in [1.807, 2.05) is 43.5 Å². The molecule has 138 valence electrons. The maximum atomic E-state index is 12.6. The van der Waals surface area contributed by atoms with Gasteiger partial charge in [-0.25, -0.2) is 4.98 Å². The lowest BCUT2D eigenvalue weighted by Gasteiger charge is -2.37. The van der Waals surface area contributed by atoms with Crippen LogP contribution in [0.2, 0.25) is 0 Å². The summed E-state index contributed by atoms with van der Waals surface area (Å²) in [6, 6.07) is 14.0. The highest BCUT2D eigenvalue weighted by Gasteiger charge is 2.26. The van der Waals surface area contributed by atoms with E-state index in [-0.39, 0.29) is 11.9 Å². The molecule has 2 aromatic rings. The molecule has 1 N–H and O–H groups in total. The van der Waals surface area contributed by atoms with Gasteiger partial charge in [0.05, 0.1) is 6.04 Å². The molecular formula is C21H28N4O. The van der Waals surface area contributed by atoms with Crippen molar-refractivity contribution >= 4 is 17.4 Å². The van der Waals surface area contributed by atoms with Gasteiger partial charge in [0.2, 0.25) is 5.91 Å². The SMILES string of the molecule is CC(C)c1ccc(NC(=O)[C@@H](C)N2CCN(c3ccccn3)CC2)cc1. The summed E-state index contributed by atoms with van der Waals surface area (Å²) in [4.78, 5) is 21.5. The highest BCUT2D eigenvalue weighted by molar-refractivity contribution is 5.94. The third-order valence-electron chi connectivity index (χ3n) is 5.06. The zero-order valence-electron chi connectivity index (χ0n) is 15.9. The minimum Gasteiger partial charge on any atom is -0.354 e. The summed E-state index contributed by atoms with van der Waals surface area (Å²) < 4.78 is 0. The number of pyridine rings is 1. The Bertz CT molecular complexity index is 707. The summed E-state index contributed by atoms with van der Waals surface area (Å²) in [6.07, 6.45) is 1.82. The second-order valence-corrected chi connectivity index (χ2v) is 7.15. The lowest BCUT2D eigenvalue weighted by atomic mass is 10.0. The minimum atomic E-state index is -0.148.